The summed E-state index contributed by atoms with van der Waals surface area (Å²) in [6, 6.07) is 10.2. The molecule has 30 heavy (non-hydrogen) atoms. The van der Waals surface area contributed by atoms with Gasteiger partial charge >= 0.3 is 0 Å². The van der Waals surface area contributed by atoms with Gasteiger partial charge in [0.05, 0.1) is 0 Å². The number of fused-ring (bicyclic) bond motifs is 2. The zero-order valence-corrected chi connectivity index (χ0v) is 17.6. The summed E-state index contributed by atoms with van der Waals surface area (Å²) >= 11 is 0. The number of hydrogen-bond donors (Lipinski definition) is 0. The van der Waals surface area contributed by atoms with Gasteiger partial charge in [0, 0.05) is 35.1 Å². The van der Waals surface area contributed by atoms with Gasteiger partial charge in [-0.15, -0.1) is 0 Å². The molecule has 3 aromatic rings. The number of nitrogens with zero attached hydrogens (tertiary/aromatic N) is 2. The highest BCUT2D eigenvalue weighted by atomic mass is 16.7. The Hall–Kier alpha value is -3.08. The Balaban J connectivity index is 1.36. The Morgan fingerprint density at radius 1 is 1.03 bits per heavy atom. The predicted octanol–water partition coefficient (Wildman–Crippen LogP) is 3.93. The molecule has 5 nitrogen and oxygen atoms in total. The lowest BCUT2D eigenvalue weighted by molar-refractivity contribution is -0.683. The van der Waals surface area contributed by atoms with Gasteiger partial charge in [0.15, 0.2) is 23.9 Å². The van der Waals surface area contributed by atoms with E-state index < -0.39 is 0 Å². The molecule has 1 aromatic carbocycles. The zero-order valence-electron chi connectivity index (χ0n) is 17.6. The van der Waals surface area contributed by atoms with E-state index in [4.69, 9.17) is 9.47 Å². The van der Waals surface area contributed by atoms with Crippen molar-refractivity contribution in [1.29, 1.82) is 0 Å². The van der Waals surface area contributed by atoms with E-state index in [1.165, 1.54) is 24.0 Å². The molecule has 1 aliphatic heterocycles. The van der Waals surface area contributed by atoms with Crippen LogP contribution >= 0.6 is 0 Å². The quantitative estimate of drug-likeness (QED) is 0.479. The van der Waals surface area contributed by atoms with E-state index in [9.17, 15) is 4.79 Å². The maximum Gasteiger partial charge on any atom is 0.231 e. The monoisotopic (exact) mass is 403 g/mol. The molecule has 2 aromatic heterocycles. The van der Waals surface area contributed by atoms with Gasteiger partial charge in [-0.05, 0) is 68.9 Å². The third-order valence-corrected chi connectivity index (χ3v) is 6.32. The summed E-state index contributed by atoms with van der Waals surface area (Å²) in [5, 5.41) is 0. The van der Waals surface area contributed by atoms with Crippen LogP contribution in [-0.4, -0.2) is 17.1 Å². The lowest BCUT2D eigenvalue weighted by atomic mass is 9.93. The van der Waals surface area contributed by atoms with Crippen molar-refractivity contribution < 1.29 is 18.8 Å². The molecule has 0 saturated heterocycles. The largest absolute Gasteiger partial charge is 0.454 e. The fourth-order valence-electron chi connectivity index (χ4n) is 4.62. The first kappa shape index (κ1) is 18.9. The van der Waals surface area contributed by atoms with Crippen LogP contribution in [0.4, 0.5) is 0 Å². The molecule has 154 valence electrons. The molecule has 0 amide bonds. The van der Waals surface area contributed by atoms with Crippen molar-refractivity contribution in [2.45, 2.75) is 52.6 Å². The van der Waals surface area contributed by atoms with Crippen molar-refractivity contribution in [3.63, 3.8) is 0 Å². The molecular formula is C25H27N2O3+. The highest BCUT2D eigenvalue weighted by Gasteiger charge is 2.21. The number of carbonyl (C=O) groups is 1. The second-order valence-electron chi connectivity index (χ2n) is 8.36. The molecule has 0 unspecified atom stereocenters. The second kappa shape index (κ2) is 7.63. The van der Waals surface area contributed by atoms with Crippen molar-refractivity contribution in [2.24, 2.45) is 0 Å². The number of rotatable bonds is 5. The Morgan fingerprint density at radius 2 is 1.83 bits per heavy atom. The summed E-state index contributed by atoms with van der Waals surface area (Å²) in [5.41, 5.74) is 6.86. The standard InChI is InChI=1S/C25H27N2O3/c1-17-11-22(23(28)15-26-10-9-20-5-3-4-6-21(20)14-26)18(2)27(17)13-19-7-8-24-25(12-19)30-16-29-24/h7-12,14H,3-6,13,15-16H2,1-2H3/q+1. The van der Waals surface area contributed by atoms with E-state index >= 15 is 0 Å². The Labute approximate surface area is 176 Å². The van der Waals surface area contributed by atoms with E-state index in [1.54, 1.807) is 0 Å². The topological polar surface area (TPSA) is 44.3 Å². The van der Waals surface area contributed by atoms with E-state index in [2.05, 4.69) is 29.8 Å². The van der Waals surface area contributed by atoms with Crippen molar-refractivity contribution in [2.75, 3.05) is 6.79 Å². The van der Waals surface area contributed by atoms with Crippen LogP contribution in [0.3, 0.4) is 0 Å². The number of Topliss-reactive ketones (excluding diaryl/α,β-unsaturated/α-hetero) is 1. The van der Waals surface area contributed by atoms with Gasteiger partial charge in [-0.1, -0.05) is 6.07 Å². The number of ether oxygens (including phenoxy) is 2. The number of aromatic nitrogens is 2. The highest BCUT2D eigenvalue weighted by molar-refractivity contribution is 5.96. The molecule has 5 heteroatoms. The molecule has 0 N–H and O–H groups in total. The van der Waals surface area contributed by atoms with Gasteiger partial charge in [0.1, 0.15) is 0 Å². The van der Waals surface area contributed by atoms with Crippen LogP contribution in [0.2, 0.25) is 0 Å². The van der Waals surface area contributed by atoms with Crippen molar-refractivity contribution in [3.8, 4) is 11.5 Å². The van der Waals surface area contributed by atoms with E-state index in [0.717, 1.165) is 46.9 Å². The number of hydrogen-bond acceptors (Lipinski definition) is 3. The average Bonchev–Trinajstić information content (AvgIpc) is 3.33. The molecule has 0 radical (unpaired) electrons. The molecule has 2 aliphatic rings. The smallest absolute Gasteiger partial charge is 0.231 e. The number of pyridine rings is 1. The zero-order chi connectivity index (χ0) is 20.7. The number of aryl methyl sites for hydroxylation is 3. The third-order valence-electron chi connectivity index (χ3n) is 6.32. The minimum absolute atomic E-state index is 0.154. The molecule has 3 heterocycles. The van der Waals surface area contributed by atoms with Gasteiger partial charge in [-0.2, -0.15) is 4.57 Å². The van der Waals surface area contributed by atoms with Crippen molar-refractivity contribution in [1.82, 2.24) is 4.57 Å². The second-order valence-corrected chi connectivity index (χ2v) is 8.36. The summed E-state index contributed by atoms with van der Waals surface area (Å²) in [7, 11) is 0. The van der Waals surface area contributed by atoms with E-state index in [-0.39, 0.29) is 12.6 Å². The normalized spacial score (nSPS) is 14.6. The summed E-state index contributed by atoms with van der Waals surface area (Å²) in [5.74, 6) is 1.73. The predicted molar refractivity (Wildman–Crippen MR) is 113 cm³/mol. The maximum absolute atomic E-state index is 13.1. The maximum atomic E-state index is 13.1. The Bertz CT molecular complexity index is 1130. The van der Waals surface area contributed by atoms with Gasteiger partial charge < -0.3 is 14.0 Å². The molecule has 0 spiro atoms. The third kappa shape index (κ3) is 3.49. The average molecular weight is 404 g/mol. The first-order valence-corrected chi connectivity index (χ1v) is 10.7. The first-order valence-electron chi connectivity index (χ1n) is 10.7. The molecule has 0 bridgehead atoms. The fourth-order valence-corrected chi connectivity index (χ4v) is 4.62. The molecule has 0 atom stereocenters. The van der Waals surface area contributed by atoms with Crippen LogP contribution in [0.15, 0.2) is 42.7 Å². The molecule has 0 saturated carbocycles. The van der Waals surface area contributed by atoms with Crippen LogP contribution in [0.25, 0.3) is 0 Å². The van der Waals surface area contributed by atoms with Crippen molar-refractivity contribution >= 4 is 5.78 Å². The van der Waals surface area contributed by atoms with Crippen molar-refractivity contribution in [3.05, 3.63) is 76.4 Å². The molecule has 0 fully saturated rings. The summed E-state index contributed by atoms with van der Waals surface area (Å²) in [6.07, 6.45) is 9.00. The lowest BCUT2D eigenvalue weighted by Gasteiger charge is -2.13. The van der Waals surface area contributed by atoms with E-state index in [1.807, 2.05) is 35.9 Å². The Kier molecular flexibility index (Phi) is 4.81. The lowest BCUT2D eigenvalue weighted by Crippen LogP contribution is -2.38. The van der Waals surface area contributed by atoms with E-state index in [0.29, 0.717) is 13.1 Å². The molecular weight excluding hydrogens is 376 g/mol. The van der Waals surface area contributed by atoms with Gasteiger partial charge in [-0.25, -0.2) is 0 Å². The Morgan fingerprint density at radius 3 is 2.70 bits per heavy atom. The van der Waals surface area contributed by atoms with Gasteiger partial charge in [0.25, 0.3) is 0 Å². The van der Waals surface area contributed by atoms with Gasteiger partial charge in [0.2, 0.25) is 19.1 Å². The summed E-state index contributed by atoms with van der Waals surface area (Å²) < 4.78 is 15.1. The summed E-state index contributed by atoms with van der Waals surface area (Å²) in [4.78, 5) is 13.1. The van der Waals surface area contributed by atoms with Crippen LogP contribution in [0.1, 0.15) is 51.3 Å². The highest BCUT2D eigenvalue weighted by Crippen LogP contribution is 2.33. The fraction of sp³-hybridized carbons (Fsp3) is 0.360. The number of benzene rings is 1. The van der Waals surface area contributed by atoms with Crippen LogP contribution in [0.5, 0.6) is 11.5 Å². The van der Waals surface area contributed by atoms with Crippen LogP contribution < -0.4 is 14.0 Å². The SMILES string of the molecule is Cc1cc(C(=O)C[n+]2ccc3c(c2)CCCC3)c(C)n1Cc1ccc2c(c1)OCO2. The van der Waals surface area contributed by atoms with Crippen LogP contribution in [0, 0.1) is 13.8 Å². The number of carbonyl (C=O) groups excluding carboxylic acids is 1. The molecule has 1 aliphatic carbocycles. The minimum atomic E-state index is 0.154. The first-order chi connectivity index (χ1) is 14.6. The molecule has 5 rings (SSSR count). The minimum Gasteiger partial charge on any atom is -0.454 e. The van der Waals surface area contributed by atoms with Gasteiger partial charge in [-0.3, -0.25) is 4.79 Å². The number of ketones is 1. The van der Waals surface area contributed by atoms with Crippen LogP contribution in [-0.2, 0) is 25.9 Å². The summed E-state index contributed by atoms with van der Waals surface area (Å²) in [6.45, 7) is 5.45.